The van der Waals surface area contributed by atoms with Gasteiger partial charge in [-0.1, -0.05) is 0 Å². The SMILES string of the molecule is OB(O)c1ccnc(B(O)O)c1. The molecule has 0 spiro atoms. The molecule has 1 heterocycles. The Labute approximate surface area is 69.6 Å². The molecule has 1 rings (SSSR count). The lowest BCUT2D eigenvalue weighted by Gasteiger charge is -2.01. The topological polar surface area (TPSA) is 93.8 Å². The van der Waals surface area contributed by atoms with Crippen molar-refractivity contribution in [1.29, 1.82) is 0 Å². The first-order valence-electron chi connectivity index (χ1n) is 3.29. The van der Waals surface area contributed by atoms with Crippen LogP contribution in [0.2, 0.25) is 0 Å². The molecule has 0 aromatic carbocycles. The number of nitrogens with zero attached hydrogens (tertiary/aromatic N) is 1. The van der Waals surface area contributed by atoms with E-state index in [4.69, 9.17) is 20.1 Å². The molecule has 0 fully saturated rings. The van der Waals surface area contributed by atoms with Gasteiger partial charge < -0.3 is 20.1 Å². The molecule has 0 saturated carbocycles. The molecule has 0 bridgehead atoms. The van der Waals surface area contributed by atoms with Gasteiger partial charge in [0.1, 0.15) is 0 Å². The maximum Gasteiger partial charge on any atom is 0.508 e. The fourth-order valence-corrected chi connectivity index (χ4v) is 0.767. The van der Waals surface area contributed by atoms with Crippen molar-refractivity contribution in [2.45, 2.75) is 0 Å². The van der Waals surface area contributed by atoms with E-state index in [2.05, 4.69) is 4.98 Å². The first-order chi connectivity index (χ1) is 5.61. The van der Waals surface area contributed by atoms with E-state index in [1.807, 2.05) is 0 Å². The van der Waals surface area contributed by atoms with E-state index >= 15 is 0 Å². The van der Waals surface area contributed by atoms with Gasteiger partial charge in [-0.2, -0.15) is 0 Å². The minimum Gasteiger partial charge on any atom is -0.423 e. The first kappa shape index (κ1) is 9.21. The number of aromatic nitrogens is 1. The largest absolute Gasteiger partial charge is 0.508 e. The van der Waals surface area contributed by atoms with Crippen LogP contribution in [-0.2, 0) is 0 Å². The fourth-order valence-electron chi connectivity index (χ4n) is 0.767. The van der Waals surface area contributed by atoms with Gasteiger partial charge >= 0.3 is 14.2 Å². The van der Waals surface area contributed by atoms with Crippen molar-refractivity contribution in [3.63, 3.8) is 0 Å². The standard InChI is InChI=1S/C5H7B2NO4/c9-6(10)4-1-2-8-5(3-4)7(11)12/h1-3,9-12H. The van der Waals surface area contributed by atoms with Crippen molar-refractivity contribution in [2.75, 3.05) is 0 Å². The molecular weight excluding hydrogens is 160 g/mol. The highest BCUT2D eigenvalue weighted by Crippen LogP contribution is 1.79. The lowest BCUT2D eigenvalue weighted by molar-refractivity contribution is 0.424. The zero-order valence-corrected chi connectivity index (χ0v) is 6.12. The van der Waals surface area contributed by atoms with Gasteiger partial charge in [-0.25, -0.2) is 0 Å². The van der Waals surface area contributed by atoms with Crippen LogP contribution in [0.25, 0.3) is 0 Å². The quantitative estimate of drug-likeness (QED) is 0.342. The number of pyridine rings is 1. The minimum atomic E-state index is -1.69. The van der Waals surface area contributed by atoms with Gasteiger partial charge in [0.05, 0.1) is 5.59 Å². The van der Waals surface area contributed by atoms with Crippen LogP contribution >= 0.6 is 0 Å². The minimum absolute atomic E-state index is 0.0133. The molecule has 0 aliphatic heterocycles. The van der Waals surface area contributed by atoms with Gasteiger partial charge in [0.25, 0.3) is 0 Å². The molecular formula is C5H7B2NO4. The summed E-state index contributed by atoms with van der Waals surface area (Å²) in [6.45, 7) is 0. The summed E-state index contributed by atoms with van der Waals surface area (Å²) in [6, 6.07) is 2.58. The molecule has 12 heavy (non-hydrogen) atoms. The second-order valence-corrected chi connectivity index (χ2v) is 2.26. The molecule has 0 amide bonds. The van der Waals surface area contributed by atoms with E-state index < -0.39 is 14.2 Å². The second-order valence-electron chi connectivity index (χ2n) is 2.26. The van der Waals surface area contributed by atoms with E-state index in [0.717, 1.165) is 0 Å². The molecule has 1 aromatic heterocycles. The van der Waals surface area contributed by atoms with Gasteiger partial charge in [0.15, 0.2) is 0 Å². The Hall–Kier alpha value is -0.880. The van der Waals surface area contributed by atoms with Crippen LogP contribution in [0.1, 0.15) is 0 Å². The Bertz CT molecular complexity index is 244. The van der Waals surface area contributed by atoms with E-state index in [0.29, 0.717) is 0 Å². The van der Waals surface area contributed by atoms with Crippen molar-refractivity contribution in [3.8, 4) is 0 Å². The third-order valence-corrected chi connectivity index (χ3v) is 1.37. The second kappa shape index (κ2) is 3.68. The molecule has 0 unspecified atom stereocenters. The number of rotatable bonds is 2. The highest BCUT2D eigenvalue weighted by molar-refractivity contribution is 6.61. The Morgan fingerprint density at radius 2 is 1.75 bits per heavy atom. The summed E-state index contributed by atoms with van der Waals surface area (Å²) in [5.74, 6) is 0. The third-order valence-electron chi connectivity index (χ3n) is 1.37. The van der Waals surface area contributed by atoms with Crippen LogP contribution < -0.4 is 11.1 Å². The summed E-state index contributed by atoms with van der Waals surface area (Å²) in [5.41, 5.74) is 0.161. The third kappa shape index (κ3) is 2.05. The molecule has 62 valence electrons. The normalized spacial score (nSPS) is 9.67. The zero-order valence-electron chi connectivity index (χ0n) is 6.12. The highest BCUT2D eigenvalue weighted by atomic mass is 16.4. The lowest BCUT2D eigenvalue weighted by Crippen LogP contribution is -2.39. The molecule has 1 aromatic rings. The van der Waals surface area contributed by atoms with Crippen LogP contribution in [0.15, 0.2) is 18.3 Å². The number of hydrogen-bond donors (Lipinski definition) is 4. The van der Waals surface area contributed by atoms with Gasteiger partial charge in [-0.05, 0) is 17.6 Å². The van der Waals surface area contributed by atoms with Gasteiger partial charge in [0.2, 0.25) is 0 Å². The summed E-state index contributed by atoms with van der Waals surface area (Å²) in [5, 5.41) is 34.7. The molecule has 5 nitrogen and oxygen atoms in total. The molecule has 0 saturated heterocycles. The van der Waals surface area contributed by atoms with E-state index in [1.165, 1.54) is 18.3 Å². The summed E-state index contributed by atoms with van der Waals surface area (Å²) < 4.78 is 0. The molecule has 0 radical (unpaired) electrons. The van der Waals surface area contributed by atoms with Gasteiger partial charge in [-0.3, -0.25) is 4.98 Å². The Morgan fingerprint density at radius 3 is 2.25 bits per heavy atom. The Morgan fingerprint density at radius 1 is 1.08 bits per heavy atom. The van der Waals surface area contributed by atoms with Crippen LogP contribution in [-0.4, -0.2) is 39.3 Å². The van der Waals surface area contributed by atoms with Crippen molar-refractivity contribution >= 4 is 25.3 Å². The van der Waals surface area contributed by atoms with E-state index in [1.54, 1.807) is 0 Å². The molecule has 4 N–H and O–H groups in total. The van der Waals surface area contributed by atoms with Crippen molar-refractivity contribution in [2.24, 2.45) is 0 Å². The van der Waals surface area contributed by atoms with Crippen molar-refractivity contribution in [3.05, 3.63) is 18.3 Å². The zero-order chi connectivity index (χ0) is 9.14. The monoisotopic (exact) mass is 167 g/mol. The Balaban J connectivity index is 2.96. The summed E-state index contributed by atoms with van der Waals surface area (Å²) in [6.07, 6.45) is 1.27. The van der Waals surface area contributed by atoms with Crippen LogP contribution in [0, 0.1) is 0 Å². The lowest BCUT2D eigenvalue weighted by atomic mass is 9.76. The summed E-state index contributed by atoms with van der Waals surface area (Å²) >= 11 is 0. The number of hydrogen-bond acceptors (Lipinski definition) is 5. The van der Waals surface area contributed by atoms with Crippen LogP contribution in [0.5, 0.6) is 0 Å². The maximum absolute atomic E-state index is 8.69. The Kier molecular flexibility index (Phi) is 2.83. The molecule has 0 aliphatic rings. The average Bonchev–Trinajstić information content (AvgIpc) is 2.04. The van der Waals surface area contributed by atoms with Crippen LogP contribution in [0.4, 0.5) is 0 Å². The van der Waals surface area contributed by atoms with E-state index in [-0.39, 0.29) is 11.1 Å². The van der Waals surface area contributed by atoms with Crippen molar-refractivity contribution < 1.29 is 20.1 Å². The van der Waals surface area contributed by atoms with E-state index in [9.17, 15) is 0 Å². The first-order valence-corrected chi connectivity index (χ1v) is 3.29. The highest BCUT2D eigenvalue weighted by Gasteiger charge is 2.17. The molecule has 0 atom stereocenters. The molecule has 7 heteroatoms. The maximum atomic E-state index is 8.69. The smallest absolute Gasteiger partial charge is 0.423 e. The van der Waals surface area contributed by atoms with Gasteiger partial charge in [0, 0.05) is 6.20 Å². The molecule has 0 aliphatic carbocycles. The predicted octanol–water partition coefficient (Wildman–Crippen LogP) is -3.56. The van der Waals surface area contributed by atoms with Crippen molar-refractivity contribution in [1.82, 2.24) is 4.98 Å². The predicted molar refractivity (Wildman–Crippen MR) is 43.9 cm³/mol. The fraction of sp³-hybridized carbons (Fsp3) is 0. The van der Waals surface area contributed by atoms with Crippen LogP contribution in [0.3, 0.4) is 0 Å². The summed E-state index contributed by atoms with van der Waals surface area (Å²) in [7, 11) is -3.31. The van der Waals surface area contributed by atoms with Gasteiger partial charge in [-0.15, -0.1) is 0 Å². The average molecular weight is 167 g/mol. The summed E-state index contributed by atoms with van der Waals surface area (Å²) in [4.78, 5) is 3.60.